The van der Waals surface area contributed by atoms with Crippen molar-refractivity contribution in [2.24, 2.45) is 7.05 Å². The second kappa shape index (κ2) is 8.64. The van der Waals surface area contributed by atoms with Crippen LogP contribution in [0.15, 0.2) is 66.6 Å². The molecule has 0 atom stereocenters. The minimum Gasteiger partial charge on any atom is -0.497 e. The van der Waals surface area contributed by atoms with Crippen LogP contribution < -0.4 is 14.2 Å². The van der Waals surface area contributed by atoms with Gasteiger partial charge in [-0.3, -0.25) is 14.9 Å². The van der Waals surface area contributed by atoms with E-state index in [2.05, 4.69) is 0 Å². The molecule has 0 amide bonds. The number of allylic oxidation sites excluding steroid dienone is 1. The first-order chi connectivity index (χ1) is 16.9. The van der Waals surface area contributed by atoms with Gasteiger partial charge < -0.3 is 18.8 Å². The van der Waals surface area contributed by atoms with Crippen molar-refractivity contribution >= 4 is 28.4 Å². The molecule has 35 heavy (non-hydrogen) atoms. The summed E-state index contributed by atoms with van der Waals surface area (Å²) < 4.78 is 19.3. The van der Waals surface area contributed by atoms with E-state index in [0.29, 0.717) is 22.6 Å². The number of nitro benzene ring substituents is 1. The van der Waals surface area contributed by atoms with Crippen LogP contribution in [0, 0.1) is 17.0 Å². The molecule has 3 aromatic carbocycles. The number of nitrogens with zero attached hydrogens (tertiary/aromatic N) is 2. The lowest BCUT2D eigenvalue weighted by Crippen LogP contribution is -1.99. The maximum Gasteiger partial charge on any atom is 0.269 e. The van der Waals surface area contributed by atoms with E-state index < -0.39 is 4.92 Å². The van der Waals surface area contributed by atoms with E-state index in [9.17, 15) is 14.9 Å². The number of hydrogen-bond donors (Lipinski definition) is 0. The third-order valence-corrected chi connectivity index (χ3v) is 6.09. The van der Waals surface area contributed by atoms with Crippen molar-refractivity contribution in [3.8, 4) is 17.2 Å². The Morgan fingerprint density at radius 2 is 1.89 bits per heavy atom. The second-order valence-electron chi connectivity index (χ2n) is 8.30. The monoisotopic (exact) mass is 470 g/mol. The van der Waals surface area contributed by atoms with Crippen molar-refractivity contribution in [3.05, 3.63) is 98.9 Å². The Morgan fingerprint density at radius 3 is 2.60 bits per heavy atom. The number of fused-ring (bicyclic) bond motifs is 2. The Morgan fingerprint density at radius 1 is 1.11 bits per heavy atom. The van der Waals surface area contributed by atoms with E-state index in [4.69, 9.17) is 14.2 Å². The van der Waals surface area contributed by atoms with Gasteiger partial charge in [0, 0.05) is 47.4 Å². The van der Waals surface area contributed by atoms with Crippen molar-refractivity contribution in [2.45, 2.75) is 13.5 Å². The van der Waals surface area contributed by atoms with E-state index >= 15 is 0 Å². The van der Waals surface area contributed by atoms with Gasteiger partial charge in [0.2, 0.25) is 5.78 Å². The number of rotatable bonds is 6. The number of carbonyl (C=O) groups excluding carboxylic acids is 1. The molecule has 8 heteroatoms. The highest BCUT2D eigenvalue weighted by Crippen LogP contribution is 2.40. The Hall–Kier alpha value is -4.59. The van der Waals surface area contributed by atoms with Crippen LogP contribution in [0.1, 0.15) is 27.0 Å². The largest absolute Gasteiger partial charge is 0.497 e. The molecule has 0 radical (unpaired) electrons. The number of methoxy groups -OCH3 is 1. The van der Waals surface area contributed by atoms with E-state index in [1.807, 2.05) is 42.9 Å². The molecule has 0 spiro atoms. The van der Waals surface area contributed by atoms with Crippen LogP contribution in [0.3, 0.4) is 0 Å². The van der Waals surface area contributed by atoms with Crippen LogP contribution in [0.4, 0.5) is 5.69 Å². The molecule has 0 unspecified atom stereocenters. The van der Waals surface area contributed by atoms with Gasteiger partial charge in [-0.1, -0.05) is 0 Å². The second-order valence-corrected chi connectivity index (χ2v) is 8.30. The standard InChI is InChI=1S/C27H22N2O6/c1-16-24(34-15-17-4-6-19(7-5-17)29(31)32)11-9-21-26(30)25(35-27(16)21)12-18-14-28(2)23-10-8-20(33-3)13-22(18)23/h4-14H,15H2,1-3H3/b25-12-. The lowest BCUT2D eigenvalue weighted by Gasteiger charge is -2.11. The van der Waals surface area contributed by atoms with Crippen molar-refractivity contribution in [1.29, 1.82) is 0 Å². The highest BCUT2D eigenvalue weighted by molar-refractivity contribution is 6.15. The first-order valence-corrected chi connectivity index (χ1v) is 10.9. The number of carbonyl (C=O) groups is 1. The summed E-state index contributed by atoms with van der Waals surface area (Å²) in [5.74, 6) is 1.83. The topological polar surface area (TPSA) is 92.8 Å². The molecule has 0 saturated heterocycles. The van der Waals surface area contributed by atoms with Gasteiger partial charge >= 0.3 is 0 Å². The molecule has 0 N–H and O–H groups in total. The van der Waals surface area contributed by atoms with Crippen molar-refractivity contribution in [2.75, 3.05) is 7.11 Å². The molecule has 2 heterocycles. The van der Waals surface area contributed by atoms with Gasteiger partial charge in [0.15, 0.2) is 5.76 Å². The Labute approximate surface area is 201 Å². The summed E-state index contributed by atoms with van der Waals surface area (Å²) in [4.78, 5) is 23.5. The van der Waals surface area contributed by atoms with Crippen LogP contribution >= 0.6 is 0 Å². The fourth-order valence-electron chi connectivity index (χ4n) is 4.18. The van der Waals surface area contributed by atoms with Crippen LogP contribution in [0.5, 0.6) is 17.2 Å². The highest BCUT2D eigenvalue weighted by atomic mass is 16.6. The van der Waals surface area contributed by atoms with Gasteiger partial charge in [0.25, 0.3) is 5.69 Å². The van der Waals surface area contributed by atoms with Crippen LogP contribution in [-0.4, -0.2) is 22.4 Å². The molecular weight excluding hydrogens is 448 g/mol. The first-order valence-electron chi connectivity index (χ1n) is 10.9. The maximum absolute atomic E-state index is 13.1. The number of ether oxygens (including phenoxy) is 3. The summed E-state index contributed by atoms with van der Waals surface area (Å²) in [6.07, 6.45) is 3.70. The van der Waals surface area contributed by atoms with Crippen molar-refractivity contribution in [1.82, 2.24) is 4.57 Å². The van der Waals surface area contributed by atoms with Gasteiger partial charge in [-0.25, -0.2) is 0 Å². The Balaban J connectivity index is 1.40. The molecule has 5 rings (SSSR count). The molecule has 0 fully saturated rings. The fourth-order valence-corrected chi connectivity index (χ4v) is 4.18. The summed E-state index contributed by atoms with van der Waals surface area (Å²) in [7, 11) is 3.56. The SMILES string of the molecule is COc1ccc2c(c1)c(/C=C1\Oc3c(ccc(OCc4ccc([N+](=O)[O-])cc4)c3C)C1=O)cn2C. The minimum atomic E-state index is -0.441. The van der Waals surface area contributed by atoms with E-state index in [0.717, 1.165) is 27.8 Å². The Bertz CT molecular complexity index is 1520. The van der Waals surface area contributed by atoms with Gasteiger partial charge in [-0.2, -0.15) is 0 Å². The number of Topliss-reactive ketones (excluding diaryl/α,β-unsaturated/α-hetero) is 1. The zero-order chi connectivity index (χ0) is 24.7. The molecule has 4 aromatic rings. The first kappa shape index (κ1) is 22.2. The van der Waals surface area contributed by atoms with E-state index in [-0.39, 0.29) is 23.8 Å². The number of ketones is 1. The predicted molar refractivity (Wildman–Crippen MR) is 131 cm³/mol. The summed E-state index contributed by atoms with van der Waals surface area (Å²) in [5.41, 5.74) is 3.87. The molecule has 1 aliphatic rings. The fraction of sp³-hybridized carbons (Fsp3) is 0.148. The highest BCUT2D eigenvalue weighted by Gasteiger charge is 2.30. The number of benzene rings is 3. The number of aryl methyl sites for hydroxylation is 1. The minimum absolute atomic E-state index is 0.0262. The molecule has 1 aromatic heterocycles. The number of non-ortho nitro benzene ring substituents is 1. The van der Waals surface area contributed by atoms with E-state index in [1.54, 1.807) is 37.5 Å². The Kier molecular flexibility index (Phi) is 5.49. The van der Waals surface area contributed by atoms with Gasteiger partial charge in [0.05, 0.1) is 17.6 Å². The molecular formula is C27H22N2O6. The number of hydrogen-bond acceptors (Lipinski definition) is 6. The maximum atomic E-state index is 13.1. The normalized spacial score (nSPS) is 13.7. The van der Waals surface area contributed by atoms with Crippen molar-refractivity contribution < 1.29 is 23.9 Å². The molecule has 0 bridgehead atoms. The third kappa shape index (κ3) is 3.99. The van der Waals surface area contributed by atoms with Gasteiger partial charge in [-0.15, -0.1) is 0 Å². The molecule has 8 nitrogen and oxygen atoms in total. The number of aromatic nitrogens is 1. The smallest absolute Gasteiger partial charge is 0.269 e. The average Bonchev–Trinajstić information content (AvgIpc) is 3.35. The molecule has 0 aliphatic carbocycles. The van der Waals surface area contributed by atoms with Crippen molar-refractivity contribution in [3.63, 3.8) is 0 Å². The predicted octanol–water partition coefficient (Wildman–Crippen LogP) is 5.60. The summed E-state index contributed by atoms with van der Waals surface area (Å²) in [6.45, 7) is 2.06. The quantitative estimate of drug-likeness (QED) is 0.207. The summed E-state index contributed by atoms with van der Waals surface area (Å²) in [5, 5.41) is 11.8. The zero-order valence-corrected chi connectivity index (χ0v) is 19.4. The van der Waals surface area contributed by atoms with Gasteiger partial charge in [0.1, 0.15) is 23.9 Å². The molecule has 0 saturated carbocycles. The van der Waals surface area contributed by atoms with Gasteiger partial charge in [-0.05, 0) is 61.0 Å². The number of nitro groups is 1. The zero-order valence-electron chi connectivity index (χ0n) is 19.4. The van der Waals surface area contributed by atoms with E-state index in [1.165, 1.54) is 12.1 Å². The third-order valence-electron chi connectivity index (χ3n) is 6.09. The molecule has 1 aliphatic heterocycles. The summed E-state index contributed by atoms with van der Waals surface area (Å²) in [6, 6.07) is 15.4. The summed E-state index contributed by atoms with van der Waals surface area (Å²) >= 11 is 0. The lowest BCUT2D eigenvalue weighted by atomic mass is 10.1. The van der Waals surface area contributed by atoms with Crippen LogP contribution in [0.2, 0.25) is 0 Å². The van der Waals surface area contributed by atoms with Crippen LogP contribution in [0.25, 0.3) is 17.0 Å². The molecule has 176 valence electrons. The lowest BCUT2D eigenvalue weighted by molar-refractivity contribution is -0.384. The average molecular weight is 470 g/mol. The van der Waals surface area contributed by atoms with Crippen LogP contribution in [-0.2, 0) is 13.7 Å².